The molecule has 0 radical (unpaired) electrons. The van der Waals surface area contributed by atoms with Gasteiger partial charge in [-0.15, -0.1) is 11.8 Å². The maximum absolute atomic E-state index is 5.68. The molecule has 18 heavy (non-hydrogen) atoms. The van der Waals surface area contributed by atoms with Crippen LogP contribution in [0, 0.1) is 6.92 Å². The quantitative estimate of drug-likeness (QED) is 0.803. The molecule has 1 aliphatic heterocycles. The second-order valence-corrected chi connectivity index (χ2v) is 5.73. The first-order valence-electron chi connectivity index (χ1n) is 6.70. The van der Waals surface area contributed by atoms with Crippen LogP contribution in [0.5, 0.6) is 0 Å². The highest BCUT2D eigenvalue weighted by molar-refractivity contribution is 7.99. The Morgan fingerprint density at radius 3 is 3.06 bits per heavy atom. The Kier molecular flexibility index (Phi) is 5.09. The highest BCUT2D eigenvalue weighted by Crippen LogP contribution is 2.28. The molecule has 0 aliphatic carbocycles. The molecule has 4 nitrogen and oxygen atoms in total. The number of nitrogens with one attached hydrogen (secondary N) is 1. The maximum atomic E-state index is 5.68. The molecule has 0 bridgehead atoms. The van der Waals surface area contributed by atoms with Crippen molar-refractivity contribution in [3.63, 3.8) is 0 Å². The molecule has 5 heteroatoms. The van der Waals surface area contributed by atoms with Crippen molar-refractivity contribution in [1.29, 1.82) is 0 Å². The van der Waals surface area contributed by atoms with E-state index in [9.17, 15) is 0 Å². The fourth-order valence-electron chi connectivity index (χ4n) is 2.26. The van der Waals surface area contributed by atoms with E-state index in [0.29, 0.717) is 6.10 Å². The summed E-state index contributed by atoms with van der Waals surface area (Å²) in [5.41, 5.74) is 2.47. The van der Waals surface area contributed by atoms with Crippen molar-refractivity contribution >= 4 is 11.8 Å². The molecule has 1 N–H and O–H groups in total. The summed E-state index contributed by atoms with van der Waals surface area (Å²) in [5.74, 6) is 1.04. The van der Waals surface area contributed by atoms with Gasteiger partial charge in [-0.3, -0.25) is 4.68 Å². The Hall–Kier alpha value is -0.520. The van der Waals surface area contributed by atoms with Crippen LogP contribution in [-0.2, 0) is 18.3 Å². The van der Waals surface area contributed by atoms with Crippen LogP contribution in [0.4, 0.5) is 0 Å². The van der Waals surface area contributed by atoms with Crippen LogP contribution in [0.3, 0.4) is 0 Å². The molecule has 0 amide bonds. The van der Waals surface area contributed by atoms with Gasteiger partial charge in [-0.05, 0) is 26.3 Å². The first kappa shape index (κ1) is 13.9. The van der Waals surface area contributed by atoms with Gasteiger partial charge in [-0.25, -0.2) is 0 Å². The van der Waals surface area contributed by atoms with Gasteiger partial charge in [0.15, 0.2) is 0 Å². The lowest BCUT2D eigenvalue weighted by atomic mass is 10.2. The van der Waals surface area contributed by atoms with E-state index < -0.39 is 0 Å². The van der Waals surface area contributed by atoms with Crippen LogP contribution in [0.15, 0.2) is 5.03 Å². The monoisotopic (exact) mass is 269 g/mol. The minimum atomic E-state index is 0.428. The number of hydrogen-bond donors (Lipinski definition) is 1. The Morgan fingerprint density at radius 2 is 2.39 bits per heavy atom. The molecule has 1 aromatic rings. The van der Waals surface area contributed by atoms with Crippen molar-refractivity contribution in [1.82, 2.24) is 15.1 Å². The lowest BCUT2D eigenvalue weighted by Crippen LogP contribution is -2.14. The highest BCUT2D eigenvalue weighted by Gasteiger charge is 2.19. The molecule has 1 atom stereocenters. The fraction of sp³-hybridized carbons (Fsp3) is 0.769. The van der Waals surface area contributed by atoms with Crippen molar-refractivity contribution in [3.8, 4) is 0 Å². The minimum Gasteiger partial charge on any atom is -0.377 e. The molecule has 1 saturated heterocycles. The minimum absolute atomic E-state index is 0.428. The van der Waals surface area contributed by atoms with Gasteiger partial charge in [-0.2, -0.15) is 5.10 Å². The van der Waals surface area contributed by atoms with Crippen molar-refractivity contribution in [3.05, 3.63) is 11.3 Å². The third kappa shape index (κ3) is 3.28. The number of aryl methyl sites for hydroxylation is 2. The predicted octanol–water partition coefficient (Wildman–Crippen LogP) is 2.11. The summed E-state index contributed by atoms with van der Waals surface area (Å²) >= 11 is 1.88. The average Bonchev–Trinajstić information content (AvgIpc) is 2.93. The fourth-order valence-corrected chi connectivity index (χ4v) is 3.49. The van der Waals surface area contributed by atoms with Crippen LogP contribution in [-0.4, -0.2) is 34.8 Å². The maximum Gasteiger partial charge on any atom is 0.0985 e. The van der Waals surface area contributed by atoms with Gasteiger partial charge >= 0.3 is 0 Å². The van der Waals surface area contributed by atoms with E-state index in [2.05, 4.69) is 24.3 Å². The van der Waals surface area contributed by atoms with E-state index in [1.165, 1.54) is 23.4 Å². The zero-order chi connectivity index (χ0) is 13.0. The summed E-state index contributed by atoms with van der Waals surface area (Å²) in [6.07, 6.45) is 2.84. The van der Waals surface area contributed by atoms with Crippen LogP contribution < -0.4 is 5.32 Å². The first-order valence-corrected chi connectivity index (χ1v) is 7.68. The Balaban J connectivity index is 2.00. The Labute approximate surface area is 113 Å². The first-order chi connectivity index (χ1) is 8.72. The molecule has 102 valence electrons. The van der Waals surface area contributed by atoms with Crippen molar-refractivity contribution in [2.45, 2.75) is 44.4 Å². The zero-order valence-corrected chi connectivity index (χ0v) is 12.3. The Bertz CT molecular complexity index is 386. The van der Waals surface area contributed by atoms with Crippen molar-refractivity contribution in [2.75, 3.05) is 18.9 Å². The normalized spacial score (nSPS) is 19.6. The van der Waals surface area contributed by atoms with Gasteiger partial charge in [0.25, 0.3) is 0 Å². The van der Waals surface area contributed by atoms with Crippen molar-refractivity contribution in [2.24, 2.45) is 7.05 Å². The molecule has 1 aliphatic rings. The summed E-state index contributed by atoms with van der Waals surface area (Å²) in [6, 6.07) is 0. The molecule has 1 unspecified atom stereocenters. The lowest BCUT2D eigenvalue weighted by molar-refractivity contribution is 0.129. The molecule has 0 spiro atoms. The van der Waals surface area contributed by atoms with Gasteiger partial charge in [-0.1, -0.05) is 6.92 Å². The smallest absolute Gasteiger partial charge is 0.0985 e. The summed E-state index contributed by atoms with van der Waals surface area (Å²) in [4.78, 5) is 0. The van der Waals surface area contributed by atoms with E-state index in [-0.39, 0.29) is 0 Å². The molecular formula is C13H23N3OS. The zero-order valence-electron chi connectivity index (χ0n) is 11.5. The molecule has 2 heterocycles. The molecule has 1 fully saturated rings. The number of aromatic nitrogens is 2. The number of thioether (sulfide) groups is 1. The van der Waals surface area contributed by atoms with Gasteiger partial charge in [0, 0.05) is 31.5 Å². The SMILES string of the molecule is CCNCc1c(C)nn(C)c1SCC1CCCO1. The van der Waals surface area contributed by atoms with E-state index in [1.807, 2.05) is 23.5 Å². The number of nitrogens with zero attached hydrogens (tertiary/aromatic N) is 2. The summed E-state index contributed by atoms with van der Waals surface area (Å²) in [7, 11) is 2.03. The van der Waals surface area contributed by atoms with Crippen LogP contribution in [0.1, 0.15) is 31.0 Å². The second-order valence-electron chi connectivity index (χ2n) is 4.72. The predicted molar refractivity (Wildman–Crippen MR) is 75.0 cm³/mol. The largest absolute Gasteiger partial charge is 0.377 e. The third-order valence-corrected chi connectivity index (χ3v) is 4.59. The molecule has 0 saturated carbocycles. The van der Waals surface area contributed by atoms with Gasteiger partial charge in [0.05, 0.1) is 16.8 Å². The van der Waals surface area contributed by atoms with Gasteiger partial charge in [0.2, 0.25) is 0 Å². The van der Waals surface area contributed by atoms with E-state index in [0.717, 1.165) is 31.1 Å². The number of hydrogen-bond acceptors (Lipinski definition) is 4. The second kappa shape index (κ2) is 6.59. The molecule has 1 aromatic heterocycles. The van der Waals surface area contributed by atoms with Crippen LogP contribution >= 0.6 is 11.8 Å². The summed E-state index contributed by atoms with van der Waals surface area (Å²) in [5, 5.41) is 9.19. The number of rotatable bonds is 6. The Morgan fingerprint density at radius 1 is 1.56 bits per heavy atom. The molecule has 2 rings (SSSR count). The van der Waals surface area contributed by atoms with E-state index in [1.54, 1.807) is 0 Å². The molecular weight excluding hydrogens is 246 g/mol. The van der Waals surface area contributed by atoms with E-state index >= 15 is 0 Å². The standard InChI is InChI=1S/C13H23N3OS/c1-4-14-8-12-10(2)15-16(3)13(12)18-9-11-6-5-7-17-11/h11,14H,4-9H2,1-3H3. The third-order valence-electron chi connectivity index (χ3n) is 3.27. The average molecular weight is 269 g/mol. The van der Waals surface area contributed by atoms with Crippen LogP contribution in [0.2, 0.25) is 0 Å². The summed E-state index contributed by atoms with van der Waals surface area (Å²) < 4.78 is 7.68. The van der Waals surface area contributed by atoms with Crippen molar-refractivity contribution < 1.29 is 4.74 Å². The topological polar surface area (TPSA) is 39.1 Å². The summed E-state index contributed by atoms with van der Waals surface area (Å²) in [6.45, 7) is 7.04. The van der Waals surface area contributed by atoms with E-state index in [4.69, 9.17) is 4.74 Å². The lowest BCUT2D eigenvalue weighted by Gasteiger charge is -2.10. The van der Waals surface area contributed by atoms with Gasteiger partial charge in [0.1, 0.15) is 0 Å². The highest BCUT2D eigenvalue weighted by atomic mass is 32.2. The van der Waals surface area contributed by atoms with Crippen LogP contribution in [0.25, 0.3) is 0 Å². The molecule has 0 aromatic carbocycles. The van der Waals surface area contributed by atoms with Gasteiger partial charge < -0.3 is 10.1 Å². The number of ether oxygens (including phenoxy) is 1.